The van der Waals surface area contributed by atoms with Gasteiger partial charge in [0.2, 0.25) is 0 Å². The van der Waals surface area contributed by atoms with Crippen LogP contribution in [0.5, 0.6) is 0 Å². The van der Waals surface area contributed by atoms with Gasteiger partial charge < -0.3 is 0 Å². The van der Waals surface area contributed by atoms with Crippen LogP contribution in [0.3, 0.4) is 0 Å². The van der Waals surface area contributed by atoms with E-state index < -0.39 is 8.80 Å². The minimum Gasteiger partial charge on any atom is -0.0890 e. The Morgan fingerprint density at radius 2 is 1.52 bits per heavy atom. The van der Waals surface area contributed by atoms with Crippen molar-refractivity contribution >= 4 is 19.2 Å². The number of benzene rings is 2. The fourth-order valence-electron chi connectivity index (χ4n) is 3.22. The number of aryl methyl sites for hydroxylation is 2. The Hall–Kier alpha value is -1.60. The van der Waals surface area contributed by atoms with Crippen molar-refractivity contribution in [1.29, 1.82) is 0 Å². The summed E-state index contributed by atoms with van der Waals surface area (Å²) in [7, 11) is -1.30. The van der Waals surface area contributed by atoms with Gasteiger partial charge in [0.1, 0.15) is 8.80 Å². The molecule has 0 saturated heterocycles. The van der Waals surface area contributed by atoms with Crippen LogP contribution in [-0.2, 0) is 0 Å². The summed E-state index contributed by atoms with van der Waals surface area (Å²) in [5, 5.41) is 4.82. The van der Waals surface area contributed by atoms with Crippen LogP contribution in [0.25, 0.3) is 0 Å². The van der Waals surface area contributed by atoms with Crippen molar-refractivity contribution in [1.82, 2.24) is 0 Å². The lowest BCUT2D eigenvalue weighted by atomic mass is 10.2. The van der Waals surface area contributed by atoms with E-state index in [9.17, 15) is 0 Å². The molecule has 0 N–H and O–H groups in total. The topological polar surface area (TPSA) is 0 Å². The van der Waals surface area contributed by atoms with Crippen LogP contribution >= 0.6 is 0 Å². The van der Waals surface area contributed by atoms with Gasteiger partial charge in [-0.15, -0.1) is 0 Å². The van der Waals surface area contributed by atoms with E-state index in [0.29, 0.717) is 0 Å². The van der Waals surface area contributed by atoms with E-state index in [2.05, 4.69) is 82.3 Å². The fraction of sp³-hybridized carbons (Fsp3) is 0.300. The molecule has 1 unspecified atom stereocenters. The maximum absolute atomic E-state index is 2.47. The van der Waals surface area contributed by atoms with Crippen LogP contribution in [0, 0.1) is 13.8 Å². The summed E-state index contributed by atoms with van der Waals surface area (Å²) in [6, 6.07) is 17.8. The van der Waals surface area contributed by atoms with E-state index in [1.54, 1.807) is 10.4 Å². The average molecular weight is 295 g/mol. The summed E-state index contributed by atoms with van der Waals surface area (Å²) in [4.78, 5) is 0. The molecule has 2 aromatic rings. The highest BCUT2D eigenvalue weighted by molar-refractivity contribution is 6.91. The second kappa shape index (κ2) is 7.42. The fourth-order valence-corrected chi connectivity index (χ4v) is 6.95. The third-order valence-corrected chi connectivity index (χ3v) is 8.13. The number of hydrogen-bond donors (Lipinski definition) is 0. The molecule has 0 nitrogen and oxygen atoms in total. The molecule has 0 bridgehead atoms. The summed E-state index contributed by atoms with van der Waals surface area (Å²) in [6.45, 7) is 9.09. The van der Waals surface area contributed by atoms with E-state index >= 15 is 0 Å². The maximum atomic E-state index is 2.47. The molecule has 0 radical (unpaired) electrons. The monoisotopic (exact) mass is 294 g/mol. The van der Waals surface area contributed by atoms with Crippen LogP contribution in [-0.4, -0.2) is 8.80 Å². The minimum absolute atomic E-state index is 1.13. The molecule has 0 aliphatic rings. The molecule has 21 heavy (non-hydrogen) atoms. The summed E-state index contributed by atoms with van der Waals surface area (Å²) in [5.41, 5.74) is 2.90. The zero-order valence-electron chi connectivity index (χ0n) is 13.7. The Morgan fingerprint density at radius 3 is 2.05 bits per heavy atom. The molecule has 2 rings (SSSR count). The predicted molar refractivity (Wildman–Crippen MR) is 97.4 cm³/mol. The van der Waals surface area contributed by atoms with Crippen LogP contribution in [0.15, 0.2) is 59.8 Å². The van der Waals surface area contributed by atoms with Crippen molar-refractivity contribution in [2.24, 2.45) is 0 Å². The van der Waals surface area contributed by atoms with Crippen molar-refractivity contribution in [3.05, 3.63) is 70.9 Å². The summed E-state index contributed by atoms with van der Waals surface area (Å²) < 4.78 is 0. The first kappa shape index (κ1) is 15.8. The van der Waals surface area contributed by atoms with Crippen molar-refractivity contribution in [2.75, 3.05) is 0 Å². The molecule has 0 saturated carbocycles. The van der Waals surface area contributed by atoms with Gasteiger partial charge in [0.15, 0.2) is 0 Å². The van der Waals surface area contributed by atoms with Crippen molar-refractivity contribution in [2.45, 2.75) is 40.5 Å². The maximum Gasteiger partial charge on any atom is 0.128 e. The molecule has 0 amide bonds. The Morgan fingerprint density at radius 1 is 0.905 bits per heavy atom. The van der Waals surface area contributed by atoms with E-state index in [0.717, 1.165) is 12.8 Å². The summed E-state index contributed by atoms with van der Waals surface area (Å²) >= 11 is 0. The van der Waals surface area contributed by atoms with Gasteiger partial charge in [0.25, 0.3) is 0 Å². The zero-order valence-corrected chi connectivity index (χ0v) is 14.8. The molecular formula is C20H26Si. The van der Waals surface area contributed by atoms with E-state index in [1.165, 1.54) is 16.3 Å². The van der Waals surface area contributed by atoms with Crippen LogP contribution < -0.4 is 10.4 Å². The molecule has 0 heterocycles. The van der Waals surface area contributed by atoms with Crippen LogP contribution in [0.2, 0.25) is 0 Å². The van der Waals surface area contributed by atoms with Gasteiger partial charge in [0.05, 0.1) is 0 Å². The molecule has 1 heteroatoms. The Labute approximate surface area is 131 Å². The van der Waals surface area contributed by atoms with Crippen LogP contribution in [0.4, 0.5) is 0 Å². The van der Waals surface area contributed by atoms with Gasteiger partial charge in [-0.2, -0.15) is 0 Å². The van der Waals surface area contributed by atoms with E-state index in [1.807, 2.05) is 0 Å². The molecule has 0 fully saturated rings. The van der Waals surface area contributed by atoms with E-state index in [-0.39, 0.29) is 0 Å². The highest BCUT2D eigenvalue weighted by atomic mass is 28.3. The highest BCUT2D eigenvalue weighted by Crippen LogP contribution is 2.13. The van der Waals surface area contributed by atoms with Gasteiger partial charge >= 0.3 is 0 Å². The second-order valence-electron chi connectivity index (χ2n) is 5.69. The normalized spacial score (nSPS) is 13.2. The highest BCUT2D eigenvalue weighted by Gasteiger charge is 2.22. The first-order valence-electron chi connectivity index (χ1n) is 7.99. The zero-order chi connectivity index (χ0) is 15.2. The lowest BCUT2D eigenvalue weighted by molar-refractivity contribution is 1.12. The minimum atomic E-state index is -1.30. The molecule has 1 atom stereocenters. The van der Waals surface area contributed by atoms with E-state index in [4.69, 9.17) is 0 Å². The van der Waals surface area contributed by atoms with Crippen molar-refractivity contribution < 1.29 is 0 Å². The summed E-state index contributed by atoms with van der Waals surface area (Å²) in [5.74, 6) is 0. The first-order valence-corrected chi connectivity index (χ1v) is 9.72. The predicted octanol–water partition coefficient (Wildman–Crippen LogP) is 3.93. The number of allylic oxidation sites excluding steroid dienone is 2. The van der Waals surface area contributed by atoms with Gasteiger partial charge in [0, 0.05) is 0 Å². The van der Waals surface area contributed by atoms with Crippen molar-refractivity contribution in [3.63, 3.8) is 0 Å². The standard InChI is InChI=1S/C20H26Si/c1-5-11-18(6-2)21(19-14-8-7-9-15-19)20-16(3)12-10-13-17(20)4/h7-15,21H,5-6H2,1-4H3/b18-11+. The lowest BCUT2D eigenvalue weighted by Gasteiger charge is -2.23. The Balaban J connectivity index is 2.64. The van der Waals surface area contributed by atoms with Crippen LogP contribution in [0.1, 0.15) is 37.8 Å². The van der Waals surface area contributed by atoms with Gasteiger partial charge in [-0.1, -0.05) is 90.0 Å². The van der Waals surface area contributed by atoms with Gasteiger partial charge in [-0.25, -0.2) is 0 Å². The third-order valence-electron chi connectivity index (χ3n) is 4.21. The van der Waals surface area contributed by atoms with Gasteiger partial charge in [-0.05, 0) is 31.9 Å². The molecule has 0 spiro atoms. The third kappa shape index (κ3) is 3.54. The Bertz CT molecular complexity index is 591. The second-order valence-corrected chi connectivity index (χ2v) is 8.54. The number of rotatable bonds is 5. The summed E-state index contributed by atoms with van der Waals surface area (Å²) in [6.07, 6.45) is 4.76. The first-order chi connectivity index (χ1) is 10.2. The molecule has 0 aliphatic carbocycles. The smallest absolute Gasteiger partial charge is 0.0890 e. The quantitative estimate of drug-likeness (QED) is 0.733. The van der Waals surface area contributed by atoms with Gasteiger partial charge in [-0.3, -0.25) is 0 Å². The largest absolute Gasteiger partial charge is 0.128 e. The molecule has 0 aliphatic heterocycles. The molecule has 110 valence electrons. The number of hydrogen-bond acceptors (Lipinski definition) is 0. The molecule has 0 aromatic heterocycles. The lowest BCUT2D eigenvalue weighted by Crippen LogP contribution is -2.46. The Kier molecular flexibility index (Phi) is 5.57. The average Bonchev–Trinajstić information content (AvgIpc) is 2.50. The molecular weight excluding hydrogens is 268 g/mol. The van der Waals surface area contributed by atoms with Crippen molar-refractivity contribution in [3.8, 4) is 0 Å². The molecule has 2 aromatic carbocycles. The SMILES string of the molecule is CC/C=C(\CC)[SiH](c1ccccc1)c1c(C)cccc1C.